The minimum atomic E-state index is -1.03. The van der Waals surface area contributed by atoms with Crippen LogP contribution < -0.4 is 11.1 Å². The molecule has 4 N–H and O–H groups in total. The molecule has 90 valence electrons. The van der Waals surface area contributed by atoms with Gasteiger partial charge in [0.15, 0.2) is 6.29 Å². The normalized spacial score (nSPS) is 12.5. The Balaban J connectivity index is 3.07. The predicted octanol–water partition coefficient (Wildman–Crippen LogP) is 1.88. The summed E-state index contributed by atoms with van der Waals surface area (Å²) >= 11 is 1.37. The fraction of sp³-hybridized carbons (Fsp3) is 0.500. The molecule has 1 aromatic heterocycles. The Kier molecular flexibility index (Phi) is 4.28. The van der Waals surface area contributed by atoms with E-state index in [1.165, 1.54) is 11.3 Å². The highest BCUT2D eigenvalue weighted by Crippen LogP contribution is 2.36. The fourth-order valence-electron chi connectivity index (χ4n) is 1.39. The SMILES string of the molecule is CCOC(O)c1c(NC(N)=O)sc(C)c1C. The second-order valence-electron chi connectivity index (χ2n) is 3.32. The van der Waals surface area contributed by atoms with E-state index >= 15 is 0 Å². The number of hydrogen-bond acceptors (Lipinski definition) is 4. The summed E-state index contributed by atoms with van der Waals surface area (Å²) in [5, 5.41) is 12.8. The Labute approximate surface area is 98.2 Å². The molecule has 0 aliphatic rings. The number of nitrogens with one attached hydrogen (secondary N) is 1. The summed E-state index contributed by atoms with van der Waals surface area (Å²) in [6, 6.07) is -0.647. The molecule has 1 heterocycles. The van der Waals surface area contributed by atoms with E-state index in [9.17, 15) is 9.90 Å². The fourth-order valence-corrected chi connectivity index (χ4v) is 2.47. The molecule has 0 saturated heterocycles. The van der Waals surface area contributed by atoms with Crippen LogP contribution in [0, 0.1) is 13.8 Å². The number of thiophene rings is 1. The molecule has 1 aromatic rings. The summed E-state index contributed by atoms with van der Waals surface area (Å²) < 4.78 is 5.11. The van der Waals surface area contributed by atoms with E-state index in [1.54, 1.807) is 6.92 Å². The van der Waals surface area contributed by atoms with Crippen LogP contribution >= 0.6 is 11.3 Å². The number of rotatable bonds is 4. The molecule has 0 aromatic carbocycles. The third-order valence-electron chi connectivity index (χ3n) is 2.24. The first kappa shape index (κ1) is 13.0. The lowest BCUT2D eigenvalue weighted by molar-refractivity contribution is -0.0976. The molecule has 1 rings (SSSR count). The van der Waals surface area contributed by atoms with Crippen LogP contribution in [0.5, 0.6) is 0 Å². The van der Waals surface area contributed by atoms with Gasteiger partial charge in [-0.3, -0.25) is 5.32 Å². The van der Waals surface area contributed by atoms with Crippen molar-refractivity contribution in [2.45, 2.75) is 27.1 Å². The Morgan fingerprint density at radius 2 is 2.25 bits per heavy atom. The molecule has 1 unspecified atom stereocenters. The summed E-state index contributed by atoms with van der Waals surface area (Å²) in [7, 11) is 0. The number of carbonyl (C=O) groups excluding carboxylic acids is 1. The van der Waals surface area contributed by atoms with Crippen molar-refractivity contribution in [1.82, 2.24) is 0 Å². The van der Waals surface area contributed by atoms with Crippen molar-refractivity contribution in [3.8, 4) is 0 Å². The van der Waals surface area contributed by atoms with Gasteiger partial charge in [-0.1, -0.05) is 0 Å². The van der Waals surface area contributed by atoms with E-state index in [4.69, 9.17) is 10.5 Å². The molecule has 0 bridgehead atoms. The Bertz CT molecular complexity index is 390. The lowest BCUT2D eigenvalue weighted by atomic mass is 10.1. The third-order valence-corrected chi connectivity index (χ3v) is 3.38. The number of carbonyl (C=O) groups is 1. The van der Waals surface area contributed by atoms with Gasteiger partial charge in [0.05, 0.1) is 0 Å². The third kappa shape index (κ3) is 2.72. The maximum Gasteiger partial charge on any atom is 0.317 e. The standard InChI is InChI=1S/C10H16N2O3S/c1-4-15-9(13)7-5(2)6(3)16-8(7)12-10(11)14/h9,13H,4H2,1-3H3,(H3,11,12,14). The average Bonchev–Trinajstić information content (AvgIpc) is 2.41. The minimum absolute atomic E-state index is 0.394. The number of aliphatic hydroxyl groups is 1. The number of anilines is 1. The van der Waals surface area contributed by atoms with Gasteiger partial charge in [0.1, 0.15) is 5.00 Å². The summed E-state index contributed by atoms with van der Waals surface area (Å²) in [5.41, 5.74) is 6.56. The van der Waals surface area contributed by atoms with Crippen molar-refractivity contribution in [1.29, 1.82) is 0 Å². The van der Waals surface area contributed by atoms with Crippen LogP contribution in [0.3, 0.4) is 0 Å². The van der Waals surface area contributed by atoms with E-state index in [-0.39, 0.29) is 0 Å². The van der Waals surface area contributed by atoms with Crippen LogP contribution in [0.4, 0.5) is 9.80 Å². The maximum absolute atomic E-state index is 10.8. The molecule has 0 aliphatic heterocycles. The number of nitrogens with two attached hydrogens (primary N) is 1. The largest absolute Gasteiger partial charge is 0.364 e. The zero-order valence-electron chi connectivity index (χ0n) is 9.53. The molecular weight excluding hydrogens is 228 g/mol. The van der Waals surface area contributed by atoms with Crippen LogP contribution in [-0.2, 0) is 4.74 Å². The summed E-state index contributed by atoms with van der Waals surface area (Å²) in [6.45, 7) is 5.97. The first-order valence-electron chi connectivity index (χ1n) is 4.93. The molecule has 0 spiro atoms. The van der Waals surface area contributed by atoms with Crippen molar-refractivity contribution in [2.24, 2.45) is 5.73 Å². The van der Waals surface area contributed by atoms with Gasteiger partial charge < -0.3 is 15.6 Å². The second kappa shape index (κ2) is 5.29. The lowest BCUT2D eigenvalue weighted by Crippen LogP contribution is -2.20. The maximum atomic E-state index is 10.8. The van der Waals surface area contributed by atoms with E-state index in [2.05, 4.69) is 5.32 Å². The predicted molar refractivity (Wildman–Crippen MR) is 63.6 cm³/mol. The van der Waals surface area contributed by atoms with Gasteiger partial charge in [-0.2, -0.15) is 0 Å². The lowest BCUT2D eigenvalue weighted by Gasteiger charge is -2.13. The molecule has 1 atom stereocenters. The topological polar surface area (TPSA) is 84.6 Å². The highest BCUT2D eigenvalue weighted by Gasteiger charge is 2.20. The molecule has 16 heavy (non-hydrogen) atoms. The smallest absolute Gasteiger partial charge is 0.317 e. The quantitative estimate of drug-likeness (QED) is 0.707. The number of hydrogen-bond donors (Lipinski definition) is 3. The summed E-state index contributed by atoms with van der Waals surface area (Å²) in [6.07, 6.45) is -1.03. The molecule has 0 aliphatic carbocycles. The van der Waals surface area contributed by atoms with Gasteiger partial charge in [-0.05, 0) is 26.3 Å². The van der Waals surface area contributed by atoms with Gasteiger partial charge in [0.2, 0.25) is 0 Å². The van der Waals surface area contributed by atoms with Crippen molar-refractivity contribution < 1.29 is 14.6 Å². The first-order chi connectivity index (χ1) is 7.47. The van der Waals surface area contributed by atoms with Gasteiger partial charge in [0, 0.05) is 17.0 Å². The highest BCUT2D eigenvalue weighted by molar-refractivity contribution is 7.16. The molecule has 2 amide bonds. The Morgan fingerprint density at radius 3 is 2.75 bits per heavy atom. The number of primary amides is 1. The minimum Gasteiger partial charge on any atom is -0.364 e. The number of aryl methyl sites for hydroxylation is 1. The van der Waals surface area contributed by atoms with Crippen LogP contribution in [0.25, 0.3) is 0 Å². The van der Waals surface area contributed by atoms with Gasteiger partial charge in [-0.25, -0.2) is 4.79 Å². The molecule has 5 nitrogen and oxygen atoms in total. The van der Waals surface area contributed by atoms with Crippen molar-refractivity contribution in [3.05, 3.63) is 16.0 Å². The van der Waals surface area contributed by atoms with E-state index in [1.807, 2.05) is 13.8 Å². The van der Waals surface area contributed by atoms with Crippen LogP contribution in [-0.4, -0.2) is 17.7 Å². The van der Waals surface area contributed by atoms with Crippen LogP contribution in [0.1, 0.15) is 29.2 Å². The number of urea groups is 1. The molecule has 6 heteroatoms. The van der Waals surface area contributed by atoms with Crippen LogP contribution in [0.2, 0.25) is 0 Å². The van der Waals surface area contributed by atoms with E-state index in [0.717, 1.165) is 10.4 Å². The molecule has 0 radical (unpaired) electrons. The van der Waals surface area contributed by atoms with Gasteiger partial charge >= 0.3 is 6.03 Å². The van der Waals surface area contributed by atoms with Crippen molar-refractivity contribution in [2.75, 3.05) is 11.9 Å². The van der Waals surface area contributed by atoms with Gasteiger partial charge in [0.25, 0.3) is 0 Å². The zero-order chi connectivity index (χ0) is 12.3. The van der Waals surface area contributed by atoms with Gasteiger partial charge in [-0.15, -0.1) is 11.3 Å². The van der Waals surface area contributed by atoms with E-state index < -0.39 is 12.3 Å². The Morgan fingerprint density at radius 1 is 1.62 bits per heavy atom. The average molecular weight is 244 g/mol. The first-order valence-corrected chi connectivity index (χ1v) is 5.75. The second-order valence-corrected chi connectivity index (χ2v) is 4.55. The molecular formula is C10H16N2O3S. The monoisotopic (exact) mass is 244 g/mol. The highest BCUT2D eigenvalue weighted by atomic mass is 32.1. The zero-order valence-corrected chi connectivity index (χ0v) is 10.4. The Hall–Kier alpha value is -1.11. The van der Waals surface area contributed by atoms with E-state index in [0.29, 0.717) is 17.2 Å². The number of ether oxygens (including phenoxy) is 1. The van der Waals surface area contributed by atoms with Crippen molar-refractivity contribution >= 4 is 22.4 Å². The summed E-state index contributed by atoms with van der Waals surface area (Å²) in [4.78, 5) is 11.8. The van der Waals surface area contributed by atoms with Crippen molar-refractivity contribution in [3.63, 3.8) is 0 Å². The van der Waals surface area contributed by atoms with Crippen LogP contribution in [0.15, 0.2) is 0 Å². The molecule has 0 fully saturated rings. The number of aliphatic hydroxyl groups excluding tert-OH is 1. The molecule has 0 saturated carbocycles. The number of amides is 2. The summed E-state index contributed by atoms with van der Waals surface area (Å²) in [5.74, 6) is 0.